The molecule has 0 saturated carbocycles. The van der Waals surface area contributed by atoms with Crippen molar-refractivity contribution in [2.75, 3.05) is 26.5 Å². The molecule has 0 spiro atoms. The van der Waals surface area contributed by atoms with Crippen molar-refractivity contribution in [3.05, 3.63) is 56.5 Å². The van der Waals surface area contributed by atoms with Crippen LogP contribution in [-0.2, 0) is 46.6 Å². The lowest BCUT2D eigenvalue weighted by atomic mass is 10.1. The van der Waals surface area contributed by atoms with E-state index in [0.29, 0.717) is 55.9 Å². The summed E-state index contributed by atoms with van der Waals surface area (Å²) in [4.78, 5) is 31.2. The van der Waals surface area contributed by atoms with Crippen LogP contribution in [0.15, 0.2) is 33.9 Å². The van der Waals surface area contributed by atoms with Gasteiger partial charge in [0, 0.05) is 20.0 Å². The second-order valence-corrected chi connectivity index (χ2v) is 10.7. The largest absolute Gasteiger partial charge is 0.496 e. The van der Waals surface area contributed by atoms with Crippen LogP contribution in [0.2, 0.25) is 0 Å². The maximum Gasteiger partial charge on any atom is 0.333 e. The Morgan fingerprint density at radius 1 is 1.05 bits per heavy atom. The summed E-state index contributed by atoms with van der Waals surface area (Å²) in [5.41, 5.74) is 0.678. The molecule has 0 fully saturated rings. The Bertz CT molecular complexity index is 1420. The molecule has 2 heterocycles. The summed E-state index contributed by atoms with van der Waals surface area (Å²) in [6, 6.07) is 7.74. The fourth-order valence-corrected chi connectivity index (χ4v) is 6.08. The first-order chi connectivity index (χ1) is 17.8. The molecule has 200 valence electrons. The van der Waals surface area contributed by atoms with Crippen molar-refractivity contribution in [3.8, 4) is 18.1 Å². The average molecular weight is 531 g/mol. The monoisotopic (exact) mass is 530 g/mol. The Balaban J connectivity index is 1.92. The average Bonchev–Trinajstić information content (AvgIpc) is 3.21. The molecule has 0 aliphatic rings. The summed E-state index contributed by atoms with van der Waals surface area (Å²) in [5.74, 6) is 3.85. The summed E-state index contributed by atoms with van der Waals surface area (Å²) >= 11 is 0. The molecule has 2 aromatic heterocycles. The summed E-state index contributed by atoms with van der Waals surface area (Å²) in [6.45, 7) is 4.26. The Kier molecular flexibility index (Phi) is 9.93. The molecule has 0 saturated heterocycles. The lowest BCUT2D eigenvalue weighted by molar-refractivity contribution is 0.219. The van der Waals surface area contributed by atoms with E-state index in [1.54, 1.807) is 32.6 Å². The summed E-state index contributed by atoms with van der Waals surface area (Å²) in [5, 5.41) is 0. The Hall–Kier alpha value is -3.12. The maximum absolute atomic E-state index is 13.2. The number of terminal acetylenes is 1. The Labute approximate surface area is 216 Å². The van der Waals surface area contributed by atoms with Crippen LogP contribution in [0.4, 0.5) is 0 Å². The summed E-state index contributed by atoms with van der Waals surface area (Å²) in [7, 11) is 0.218. The van der Waals surface area contributed by atoms with Crippen molar-refractivity contribution in [3.63, 3.8) is 0 Å². The molecule has 0 aliphatic heterocycles. The molecular formula is C26H35N4O6P. The maximum atomic E-state index is 13.2. The highest BCUT2D eigenvalue weighted by Gasteiger charge is 2.23. The van der Waals surface area contributed by atoms with Gasteiger partial charge in [-0.25, -0.2) is 14.3 Å². The van der Waals surface area contributed by atoms with Gasteiger partial charge in [-0.2, -0.15) is 0 Å². The fraction of sp³-hybridized carbons (Fsp3) is 0.500. The third-order valence-electron chi connectivity index (χ3n) is 6.11. The van der Waals surface area contributed by atoms with E-state index in [0.717, 1.165) is 15.9 Å². The van der Waals surface area contributed by atoms with Crippen molar-refractivity contribution in [1.29, 1.82) is 0 Å². The molecule has 0 N–H and O–H groups in total. The molecule has 37 heavy (non-hydrogen) atoms. The van der Waals surface area contributed by atoms with E-state index in [1.165, 1.54) is 4.57 Å². The molecule has 0 unspecified atom stereocenters. The summed E-state index contributed by atoms with van der Waals surface area (Å²) < 4.78 is 33.2. The molecule has 0 amide bonds. The number of imidazole rings is 1. The van der Waals surface area contributed by atoms with Gasteiger partial charge < -0.3 is 18.4 Å². The van der Waals surface area contributed by atoms with Crippen LogP contribution in [0.25, 0.3) is 11.2 Å². The SMILES string of the molecule is C#CCn1c(=O)c2c(nc(CCc3ccccc3OC)n2C)n(CCCCP(=O)(OCC)OCC)c1=O. The van der Waals surface area contributed by atoms with Crippen LogP contribution in [0.3, 0.4) is 0 Å². The lowest BCUT2D eigenvalue weighted by Gasteiger charge is -2.17. The second kappa shape index (κ2) is 12.9. The number of methoxy groups -OCH3 is 1. The van der Waals surface area contributed by atoms with Crippen molar-refractivity contribution < 1.29 is 18.3 Å². The van der Waals surface area contributed by atoms with Crippen molar-refractivity contribution >= 4 is 18.8 Å². The third kappa shape index (κ3) is 6.42. The molecular weight excluding hydrogens is 495 g/mol. The molecule has 0 aliphatic carbocycles. The minimum absolute atomic E-state index is 0.140. The fourth-order valence-electron chi connectivity index (χ4n) is 4.35. The van der Waals surface area contributed by atoms with Gasteiger partial charge in [-0.05, 0) is 44.7 Å². The number of benzene rings is 1. The van der Waals surface area contributed by atoms with Crippen molar-refractivity contribution in [1.82, 2.24) is 18.7 Å². The van der Waals surface area contributed by atoms with Crippen LogP contribution in [0, 0.1) is 12.3 Å². The van der Waals surface area contributed by atoms with E-state index < -0.39 is 18.8 Å². The predicted molar refractivity (Wildman–Crippen MR) is 143 cm³/mol. The van der Waals surface area contributed by atoms with Crippen LogP contribution >= 0.6 is 7.60 Å². The van der Waals surface area contributed by atoms with Gasteiger partial charge >= 0.3 is 13.3 Å². The highest BCUT2D eigenvalue weighted by Crippen LogP contribution is 2.48. The van der Waals surface area contributed by atoms with Crippen LogP contribution in [0.5, 0.6) is 5.75 Å². The molecule has 11 heteroatoms. The Morgan fingerprint density at radius 3 is 2.41 bits per heavy atom. The van der Waals surface area contributed by atoms with Gasteiger partial charge in [0.2, 0.25) is 0 Å². The molecule has 3 rings (SSSR count). The zero-order valence-corrected chi connectivity index (χ0v) is 22.8. The molecule has 0 bridgehead atoms. The van der Waals surface area contributed by atoms with E-state index in [2.05, 4.69) is 5.92 Å². The number of nitrogens with zero attached hydrogens (tertiary/aromatic N) is 4. The molecule has 0 atom stereocenters. The smallest absolute Gasteiger partial charge is 0.333 e. The van der Waals surface area contributed by atoms with Gasteiger partial charge in [0.25, 0.3) is 5.56 Å². The molecule has 10 nitrogen and oxygen atoms in total. The number of aryl methyl sites for hydroxylation is 4. The number of fused-ring (bicyclic) bond motifs is 1. The predicted octanol–water partition coefficient (Wildman–Crippen LogP) is 3.37. The van der Waals surface area contributed by atoms with Gasteiger partial charge in [-0.3, -0.25) is 13.9 Å². The van der Waals surface area contributed by atoms with E-state index in [1.807, 2.05) is 24.3 Å². The number of hydrogen-bond acceptors (Lipinski definition) is 7. The molecule has 0 radical (unpaired) electrons. The normalized spacial score (nSPS) is 11.6. The van der Waals surface area contributed by atoms with Crippen molar-refractivity contribution in [2.45, 2.75) is 52.6 Å². The van der Waals surface area contributed by atoms with Crippen LogP contribution < -0.4 is 16.0 Å². The van der Waals surface area contributed by atoms with Gasteiger partial charge in [0.15, 0.2) is 11.2 Å². The molecule has 1 aromatic carbocycles. The molecule has 3 aromatic rings. The standard InChI is InChI=1S/C26H35N4O6P/c1-6-17-30-25(31)23-24(27-22(28(23)4)16-15-20-13-9-10-14-21(20)34-5)29(26(30)32)18-11-12-19-37(33,35-7-2)36-8-3/h1,9-10,13-14H,7-8,11-12,15-19H2,2-5H3. The highest BCUT2D eigenvalue weighted by molar-refractivity contribution is 7.53. The third-order valence-corrected chi connectivity index (χ3v) is 8.28. The minimum Gasteiger partial charge on any atom is -0.496 e. The van der Waals surface area contributed by atoms with E-state index in [-0.39, 0.29) is 19.3 Å². The number of ether oxygens (including phenoxy) is 1. The number of unbranched alkanes of at least 4 members (excludes halogenated alkanes) is 1. The first kappa shape index (κ1) is 28.5. The highest BCUT2D eigenvalue weighted by atomic mass is 31.2. The van der Waals surface area contributed by atoms with Gasteiger partial charge in [-0.15, -0.1) is 6.42 Å². The zero-order chi connectivity index (χ0) is 27.0. The van der Waals surface area contributed by atoms with Gasteiger partial charge in [0.1, 0.15) is 11.6 Å². The number of aromatic nitrogens is 4. The first-order valence-electron chi connectivity index (χ1n) is 12.4. The van der Waals surface area contributed by atoms with Crippen LogP contribution in [0.1, 0.15) is 38.1 Å². The van der Waals surface area contributed by atoms with Gasteiger partial charge in [0.05, 0.1) is 33.0 Å². The topological polar surface area (TPSA) is 107 Å². The number of para-hydroxylation sites is 1. The first-order valence-corrected chi connectivity index (χ1v) is 14.1. The number of rotatable bonds is 14. The van der Waals surface area contributed by atoms with Crippen molar-refractivity contribution in [2.24, 2.45) is 7.05 Å². The Morgan fingerprint density at radius 2 is 1.76 bits per heavy atom. The van der Waals surface area contributed by atoms with E-state index >= 15 is 0 Å². The summed E-state index contributed by atoms with van der Waals surface area (Å²) in [6.07, 6.45) is 7.90. The van der Waals surface area contributed by atoms with E-state index in [9.17, 15) is 14.2 Å². The zero-order valence-electron chi connectivity index (χ0n) is 21.9. The quantitative estimate of drug-likeness (QED) is 0.179. The minimum atomic E-state index is -3.18. The second-order valence-electron chi connectivity index (χ2n) is 8.48. The van der Waals surface area contributed by atoms with E-state index in [4.69, 9.17) is 25.2 Å². The number of hydrogen-bond donors (Lipinski definition) is 0. The lowest BCUT2D eigenvalue weighted by Crippen LogP contribution is -2.40. The van der Waals surface area contributed by atoms with Crippen LogP contribution in [-0.4, -0.2) is 45.2 Å². The van der Waals surface area contributed by atoms with Gasteiger partial charge in [-0.1, -0.05) is 24.1 Å².